The number of hydrogen-bond donors (Lipinski definition) is 2. The Morgan fingerprint density at radius 3 is 2.33 bits per heavy atom. The minimum absolute atomic E-state index is 0.261. The molecule has 1 saturated heterocycles. The lowest BCUT2D eigenvalue weighted by Crippen LogP contribution is -2.44. The number of rotatable bonds is 4. The summed E-state index contributed by atoms with van der Waals surface area (Å²) in [5.41, 5.74) is -0.488. The van der Waals surface area contributed by atoms with E-state index in [0.717, 1.165) is 4.90 Å². The summed E-state index contributed by atoms with van der Waals surface area (Å²) >= 11 is 0. The Morgan fingerprint density at radius 2 is 2.00 bits per heavy atom. The quantitative estimate of drug-likeness (QED) is 0.625. The maximum Gasteiger partial charge on any atom is 0.333 e. The first-order valence-corrected chi connectivity index (χ1v) is 4.39. The van der Waals surface area contributed by atoms with Crippen molar-refractivity contribution in [1.29, 1.82) is 0 Å². The van der Waals surface area contributed by atoms with E-state index >= 15 is 0 Å². The highest BCUT2D eigenvalue weighted by Crippen LogP contribution is 2.18. The van der Waals surface area contributed by atoms with Gasteiger partial charge in [0.25, 0.3) is 0 Å². The predicted octanol–water partition coefficient (Wildman–Crippen LogP) is -0.297. The van der Waals surface area contributed by atoms with Crippen molar-refractivity contribution in [1.82, 2.24) is 4.90 Å². The van der Waals surface area contributed by atoms with E-state index in [4.69, 9.17) is 10.2 Å². The molecule has 0 radical (unpaired) electrons. The molecule has 82 valence electrons. The van der Waals surface area contributed by atoms with Gasteiger partial charge in [0.15, 0.2) is 6.04 Å². The van der Waals surface area contributed by atoms with E-state index in [-0.39, 0.29) is 18.9 Å². The highest BCUT2D eigenvalue weighted by atomic mass is 16.4. The van der Waals surface area contributed by atoms with Crippen LogP contribution >= 0.6 is 0 Å². The lowest BCUT2D eigenvalue weighted by atomic mass is 10.1. The third-order valence-corrected chi connectivity index (χ3v) is 2.26. The summed E-state index contributed by atoms with van der Waals surface area (Å²) in [7, 11) is 0. The number of likely N-dealkylation sites (tertiary alicyclic amines) is 1. The standard InChI is InChI=1S/C9H11NO5/c1-5(8(12)13)7(9(14)15)10-4-2-3-6(10)11/h7H,1-4H2,(H,12,13)(H,14,15). The molecular formula is C9H11NO5. The van der Waals surface area contributed by atoms with E-state index in [0.29, 0.717) is 6.42 Å². The summed E-state index contributed by atoms with van der Waals surface area (Å²) in [5, 5.41) is 17.5. The second-order valence-electron chi connectivity index (χ2n) is 3.26. The fourth-order valence-corrected chi connectivity index (χ4v) is 1.53. The molecule has 1 fully saturated rings. The molecule has 0 spiro atoms. The molecule has 0 aromatic heterocycles. The fraction of sp³-hybridized carbons (Fsp3) is 0.444. The molecule has 6 nitrogen and oxygen atoms in total. The van der Waals surface area contributed by atoms with Gasteiger partial charge in [-0.25, -0.2) is 9.59 Å². The highest BCUT2D eigenvalue weighted by molar-refractivity contribution is 5.98. The number of carbonyl (C=O) groups is 3. The topological polar surface area (TPSA) is 94.9 Å². The molecule has 1 unspecified atom stereocenters. The van der Waals surface area contributed by atoms with Gasteiger partial charge in [-0.15, -0.1) is 0 Å². The Hall–Kier alpha value is -1.85. The second kappa shape index (κ2) is 4.12. The van der Waals surface area contributed by atoms with Gasteiger partial charge in [-0.05, 0) is 6.42 Å². The molecule has 15 heavy (non-hydrogen) atoms. The smallest absolute Gasteiger partial charge is 0.333 e. The molecule has 0 aromatic carbocycles. The first kappa shape index (κ1) is 11.2. The number of aliphatic carboxylic acids is 2. The van der Waals surface area contributed by atoms with Gasteiger partial charge in [0.2, 0.25) is 5.91 Å². The van der Waals surface area contributed by atoms with Crippen LogP contribution in [0.1, 0.15) is 12.8 Å². The van der Waals surface area contributed by atoms with Crippen molar-refractivity contribution in [2.24, 2.45) is 0 Å². The fourth-order valence-electron chi connectivity index (χ4n) is 1.53. The van der Waals surface area contributed by atoms with Gasteiger partial charge in [-0.3, -0.25) is 4.79 Å². The molecule has 1 aliphatic heterocycles. The first-order chi connectivity index (χ1) is 6.95. The largest absolute Gasteiger partial charge is 0.479 e. The van der Waals surface area contributed by atoms with E-state index in [1.165, 1.54) is 0 Å². The number of carboxylic acid groups (broad SMARTS) is 2. The third-order valence-electron chi connectivity index (χ3n) is 2.26. The maximum atomic E-state index is 11.3. The molecule has 0 aliphatic carbocycles. The van der Waals surface area contributed by atoms with Crippen LogP contribution in [0.3, 0.4) is 0 Å². The lowest BCUT2D eigenvalue weighted by Gasteiger charge is -2.23. The van der Waals surface area contributed by atoms with Crippen molar-refractivity contribution >= 4 is 17.8 Å². The number of amides is 1. The van der Waals surface area contributed by atoms with Crippen LogP contribution in [-0.2, 0) is 14.4 Å². The molecule has 1 atom stereocenters. The Labute approximate surface area is 85.8 Å². The molecule has 1 aliphatic rings. The molecule has 0 saturated carbocycles. The van der Waals surface area contributed by atoms with Crippen LogP contribution in [0.15, 0.2) is 12.2 Å². The van der Waals surface area contributed by atoms with E-state index in [9.17, 15) is 14.4 Å². The lowest BCUT2D eigenvalue weighted by molar-refractivity contribution is -0.148. The summed E-state index contributed by atoms with van der Waals surface area (Å²) in [5.74, 6) is -3.11. The van der Waals surface area contributed by atoms with Crippen molar-refractivity contribution in [2.45, 2.75) is 18.9 Å². The van der Waals surface area contributed by atoms with Crippen LogP contribution < -0.4 is 0 Å². The van der Waals surface area contributed by atoms with Gasteiger partial charge >= 0.3 is 11.9 Å². The number of nitrogens with zero attached hydrogens (tertiary/aromatic N) is 1. The molecule has 6 heteroatoms. The predicted molar refractivity (Wildman–Crippen MR) is 49.1 cm³/mol. The van der Waals surface area contributed by atoms with Gasteiger partial charge in [-0.2, -0.15) is 0 Å². The van der Waals surface area contributed by atoms with Gasteiger partial charge in [-0.1, -0.05) is 6.58 Å². The monoisotopic (exact) mass is 213 g/mol. The van der Waals surface area contributed by atoms with Crippen molar-refractivity contribution in [3.8, 4) is 0 Å². The molecule has 0 aromatic rings. The number of carboxylic acids is 2. The molecule has 2 N–H and O–H groups in total. The number of hydrogen-bond acceptors (Lipinski definition) is 3. The zero-order valence-corrected chi connectivity index (χ0v) is 7.97. The van der Waals surface area contributed by atoms with E-state index in [1.807, 2.05) is 0 Å². The van der Waals surface area contributed by atoms with Crippen LogP contribution in [-0.4, -0.2) is 45.5 Å². The average Bonchev–Trinajstić information content (AvgIpc) is 2.52. The van der Waals surface area contributed by atoms with Crippen molar-refractivity contribution in [3.05, 3.63) is 12.2 Å². The SMILES string of the molecule is C=C(C(=O)O)C(C(=O)O)N1CCCC1=O. The second-order valence-corrected chi connectivity index (χ2v) is 3.26. The van der Waals surface area contributed by atoms with Crippen molar-refractivity contribution in [3.63, 3.8) is 0 Å². The summed E-state index contributed by atoms with van der Waals surface area (Å²) in [6, 6.07) is -1.45. The van der Waals surface area contributed by atoms with Crippen LogP contribution in [0, 0.1) is 0 Å². The average molecular weight is 213 g/mol. The van der Waals surface area contributed by atoms with Crippen LogP contribution in [0.4, 0.5) is 0 Å². The zero-order chi connectivity index (χ0) is 11.6. The molecule has 0 bridgehead atoms. The minimum atomic E-state index is -1.45. The Kier molecular flexibility index (Phi) is 3.08. The van der Waals surface area contributed by atoms with Crippen molar-refractivity contribution in [2.75, 3.05) is 6.54 Å². The van der Waals surface area contributed by atoms with Crippen LogP contribution in [0.5, 0.6) is 0 Å². The maximum absolute atomic E-state index is 11.3. The summed E-state index contributed by atoms with van der Waals surface area (Å²) < 4.78 is 0. The zero-order valence-electron chi connectivity index (χ0n) is 7.97. The number of carbonyl (C=O) groups excluding carboxylic acids is 1. The van der Waals surface area contributed by atoms with Gasteiger partial charge in [0.05, 0.1) is 5.57 Å². The van der Waals surface area contributed by atoms with E-state index < -0.39 is 23.6 Å². The van der Waals surface area contributed by atoms with Crippen LogP contribution in [0.2, 0.25) is 0 Å². The summed E-state index contributed by atoms with van der Waals surface area (Å²) in [6.45, 7) is 3.45. The van der Waals surface area contributed by atoms with Crippen LogP contribution in [0.25, 0.3) is 0 Å². The normalized spacial score (nSPS) is 17.6. The van der Waals surface area contributed by atoms with Gasteiger partial charge in [0.1, 0.15) is 0 Å². The van der Waals surface area contributed by atoms with E-state index in [2.05, 4.69) is 6.58 Å². The molecule has 1 heterocycles. The van der Waals surface area contributed by atoms with Gasteiger partial charge < -0.3 is 15.1 Å². The van der Waals surface area contributed by atoms with Crippen molar-refractivity contribution < 1.29 is 24.6 Å². The van der Waals surface area contributed by atoms with Gasteiger partial charge in [0, 0.05) is 13.0 Å². The van der Waals surface area contributed by atoms with E-state index in [1.54, 1.807) is 0 Å². The molecule has 1 rings (SSSR count). The Bertz CT molecular complexity index is 335. The first-order valence-electron chi connectivity index (χ1n) is 4.39. The highest BCUT2D eigenvalue weighted by Gasteiger charge is 2.36. The molecule has 1 amide bonds. The molecular weight excluding hydrogens is 202 g/mol. The Balaban J connectivity index is 2.92. The summed E-state index contributed by atoms with van der Waals surface area (Å²) in [4.78, 5) is 33.8. The Morgan fingerprint density at radius 1 is 1.40 bits per heavy atom. The minimum Gasteiger partial charge on any atom is -0.479 e. The summed E-state index contributed by atoms with van der Waals surface area (Å²) in [6.07, 6.45) is 0.812. The third kappa shape index (κ3) is 2.15.